The third-order valence-corrected chi connectivity index (χ3v) is 5.82. The largest absolute Gasteiger partial charge is 0.352 e. The highest BCUT2D eigenvalue weighted by atomic mass is 16.1. The van der Waals surface area contributed by atoms with Gasteiger partial charge in [0.15, 0.2) is 5.78 Å². The summed E-state index contributed by atoms with van der Waals surface area (Å²) in [5, 5.41) is 3.09. The number of rotatable bonds is 8. The van der Waals surface area contributed by atoms with Gasteiger partial charge in [0.25, 0.3) is 5.91 Å². The fourth-order valence-corrected chi connectivity index (χ4v) is 4.19. The lowest BCUT2D eigenvalue weighted by atomic mass is 9.88. The molecule has 0 aliphatic heterocycles. The molecule has 2 aromatic carbocycles. The monoisotopic (exact) mass is 399 g/mol. The number of ketones is 1. The molecule has 1 aliphatic carbocycles. The average Bonchev–Trinajstić information content (AvgIpc) is 3.26. The van der Waals surface area contributed by atoms with E-state index in [1.165, 1.54) is 12.0 Å². The third kappa shape index (κ3) is 5.24. The van der Waals surface area contributed by atoms with E-state index >= 15 is 0 Å². The molecular weight excluding hydrogens is 370 g/mol. The van der Waals surface area contributed by atoms with E-state index in [-0.39, 0.29) is 11.7 Å². The minimum atomic E-state index is -0.0944. The maximum absolute atomic E-state index is 12.6. The van der Waals surface area contributed by atoms with Crippen molar-refractivity contribution in [1.82, 2.24) is 5.32 Å². The molecule has 1 saturated carbocycles. The van der Waals surface area contributed by atoms with Gasteiger partial charge in [-0.2, -0.15) is 0 Å². The predicted octanol–water partition coefficient (Wildman–Crippen LogP) is 5.75. The lowest BCUT2D eigenvalue weighted by Crippen LogP contribution is -2.31. The molecule has 0 heterocycles. The maximum Gasteiger partial charge on any atom is 0.251 e. The van der Waals surface area contributed by atoms with Crippen LogP contribution in [0.3, 0.4) is 0 Å². The van der Waals surface area contributed by atoms with Crippen LogP contribution < -0.4 is 5.32 Å². The van der Waals surface area contributed by atoms with Crippen molar-refractivity contribution in [2.24, 2.45) is 11.8 Å². The number of hydrogen-bond donors (Lipinski definition) is 1. The van der Waals surface area contributed by atoms with E-state index in [0.29, 0.717) is 35.1 Å². The van der Waals surface area contributed by atoms with Crippen LogP contribution in [0.5, 0.6) is 0 Å². The van der Waals surface area contributed by atoms with Gasteiger partial charge >= 0.3 is 0 Å². The van der Waals surface area contributed by atoms with Gasteiger partial charge in [-0.05, 0) is 49.3 Å². The molecule has 30 heavy (non-hydrogen) atoms. The van der Waals surface area contributed by atoms with Gasteiger partial charge in [-0.1, -0.05) is 79.8 Å². The fourth-order valence-electron chi connectivity index (χ4n) is 4.19. The second-order valence-corrected chi connectivity index (χ2v) is 7.66. The molecule has 3 rings (SSSR count). The van der Waals surface area contributed by atoms with Crippen LogP contribution in [-0.4, -0.2) is 18.2 Å². The Bertz CT molecular complexity index is 939. The first-order chi connectivity index (χ1) is 14.6. The van der Waals surface area contributed by atoms with Gasteiger partial charge in [0.1, 0.15) is 0 Å². The van der Waals surface area contributed by atoms with Gasteiger partial charge in [-0.3, -0.25) is 9.59 Å². The topological polar surface area (TPSA) is 46.2 Å². The number of allylic oxidation sites excluding steroid dienone is 5. The summed E-state index contributed by atoms with van der Waals surface area (Å²) in [6.45, 7) is 6.47. The van der Waals surface area contributed by atoms with E-state index < -0.39 is 0 Å². The Balaban J connectivity index is 1.60. The summed E-state index contributed by atoms with van der Waals surface area (Å²) in [5.74, 6) is 0.775. The minimum Gasteiger partial charge on any atom is -0.352 e. The Morgan fingerprint density at radius 3 is 2.33 bits per heavy atom. The van der Waals surface area contributed by atoms with Crippen LogP contribution in [0, 0.1) is 11.8 Å². The Kier molecular flexibility index (Phi) is 7.56. The molecule has 2 atom stereocenters. The van der Waals surface area contributed by atoms with Crippen LogP contribution >= 0.6 is 0 Å². The average molecular weight is 400 g/mol. The van der Waals surface area contributed by atoms with Gasteiger partial charge in [-0.15, -0.1) is 0 Å². The van der Waals surface area contributed by atoms with Gasteiger partial charge in [0.05, 0.1) is 0 Å². The highest BCUT2D eigenvalue weighted by Gasteiger charge is 2.29. The van der Waals surface area contributed by atoms with E-state index in [2.05, 4.69) is 31.0 Å². The van der Waals surface area contributed by atoms with Crippen LogP contribution in [0.1, 0.15) is 52.5 Å². The van der Waals surface area contributed by atoms with Crippen molar-refractivity contribution in [1.29, 1.82) is 0 Å². The van der Waals surface area contributed by atoms with E-state index in [1.54, 1.807) is 42.5 Å². The minimum absolute atomic E-state index is 0.0391. The Morgan fingerprint density at radius 2 is 1.67 bits per heavy atom. The molecule has 0 radical (unpaired) electrons. The molecule has 0 saturated heterocycles. The molecule has 154 valence electrons. The standard InChI is InChI=1S/C27H29NO2/c1-3-5-10-20(4-2)25-14-9-13-24(25)19-28-27(30)23-17-15-22(16-18-23)26(29)21-11-7-6-8-12-21/h3-8,10-12,15-18,24-25H,1,9,13-14,19H2,2H3,(H,28,30)/b10-5-,20-4+. The molecule has 1 amide bonds. The maximum atomic E-state index is 12.6. The second kappa shape index (κ2) is 10.5. The van der Waals surface area contributed by atoms with Gasteiger partial charge in [-0.25, -0.2) is 0 Å². The predicted molar refractivity (Wildman–Crippen MR) is 123 cm³/mol. The van der Waals surface area contributed by atoms with Crippen LogP contribution in [0.15, 0.2) is 91.1 Å². The Hall–Kier alpha value is -3.20. The SMILES string of the molecule is C=C/C=C\C(=C/C)C1CCCC1CNC(=O)c1ccc(C(=O)c2ccccc2)cc1. The van der Waals surface area contributed by atoms with Crippen molar-refractivity contribution in [3.05, 3.63) is 108 Å². The molecule has 1 fully saturated rings. The van der Waals surface area contributed by atoms with E-state index in [0.717, 1.165) is 12.8 Å². The first-order valence-electron chi connectivity index (χ1n) is 10.6. The van der Waals surface area contributed by atoms with Crippen LogP contribution in [-0.2, 0) is 0 Å². The normalized spacial score (nSPS) is 19.0. The van der Waals surface area contributed by atoms with E-state index in [4.69, 9.17) is 0 Å². The smallest absolute Gasteiger partial charge is 0.251 e. The summed E-state index contributed by atoms with van der Waals surface area (Å²) in [4.78, 5) is 25.1. The molecule has 1 aliphatic rings. The number of hydrogen-bond acceptors (Lipinski definition) is 2. The summed E-state index contributed by atoms with van der Waals surface area (Å²) in [6.07, 6.45) is 11.5. The number of nitrogens with one attached hydrogen (secondary N) is 1. The highest BCUT2D eigenvalue weighted by Crippen LogP contribution is 2.37. The van der Waals surface area contributed by atoms with Crippen molar-refractivity contribution < 1.29 is 9.59 Å². The number of carbonyl (C=O) groups is 2. The van der Waals surface area contributed by atoms with E-state index in [1.807, 2.05) is 24.3 Å². The molecule has 0 spiro atoms. The van der Waals surface area contributed by atoms with Crippen LogP contribution in [0.25, 0.3) is 0 Å². The van der Waals surface area contributed by atoms with Crippen LogP contribution in [0.4, 0.5) is 0 Å². The first kappa shape index (κ1) is 21.5. The number of carbonyl (C=O) groups excluding carboxylic acids is 2. The molecule has 2 aromatic rings. The molecular formula is C27H29NO2. The zero-order chi connectivity index (χ0) is 21.3. The summed E-state index contributed by atoms with van der Waals surface area (Å²) >= 11 is 0. The molecule has 1 N–H and O–H groups in total. The quantitative estimate of drug-likeness (QED) is 0.454. The first-order valence-corrected chi connectivity index (χ1v) is 10.6. The summed E-state index contributed by atoms with van der Waals surface area (Å²) < 4.78 is 0. The van der Waals surface area contributed by atoms with Gasteiger partial charge < -0.3 is 5.32 Å². The van der Waals surface area contributed by atoms with Crippen molar-refractivity contribution in [2.45, 2.75) is 26.2 Å². The fraction of sp³-hybridized carbons (Fsp3) is 0.259. The van der Waals surface area contributed by atoms with Crippen LogP contribution in [0.2, 0.25) is 0 Å². The lowest BCUT2D eigenvalue weighted by molar-refractivity contribution is 0.0943. The third-order valence-electron chi connectivity index (χ3n) is 5.82. The Morgan fingerprint density at radius 1 is 1.00 bits per heavy atom. The molecule has 3 heteroatoms. The molecule has 0 aromatic heterocycles. The summed E-state index contributed by atoms with van der Waals surface area (Å²) in [7, 11) is 0. The zero-order valence-corrected chi connectivity index (χ0v) is 17.5. The number of amides is 1. The summed E-state index contributed by atoms with van der Waals surface area (Å²) in [5.41, 5.74) is 3.12. The van der Waals surface area contributed by atoms with Gasteiger partial charge in [0, 0.05) is 23.2 Å². The van der Waals surface area contributed by atoms with Crippen molar-refractivity contribution in [3.63, 3.8) is 0 Å². The molecule has 3 nitrogen and oxygen atoms in total. The Labute approximate surface area is 179 Å². The van der Waals surface area contributed by atoms with Crippen molar-refractivity contribution in [3.8, 4) is 0 Å². The van der Waals surface area contributed by atoms with Crippen molar-refractivity contribution in [2.75, 3.05) is 6.54 Å². The highest BCUT2D eigenvalue weighted by molar-refractivity contribution is 6.09. The molecule has 0 bridgehead atoms. The lowest BCUT2D eigenvalue weighted by Gasteiger charge is -2.21. The van der Waals surface area contributed by atoms with E-state index in [9.17, 15) is 9.59 Å². The zero-order valence-electron chi connectivity index (χ0n) is 17.5. The van der Waals surface area contributed by atoms with Crippen molar-refractivity contribution >= 4 is 11.7 Å². The summed E-state index contributed by atoms with van der Waals surface area (Å²) in [6, 6.07) is 16.1. The molecule has 2 unspecified atom stereocenters. The second-order valence-electron chi connectivity index (χ2n) is 7.66. The number of benzene rings is 2. The van der Waals surface area contributed by atoms with Gasteiger partial charge in [0.2, 0.25) is 0 Å².